The topological polar surface area (TPSA) is 245 Å². The SMILES string of the molecule is C[C@@H](CCNc1ncnc2c1ncn2[C@H]1O[C@H](CO)[C@@H](O)[C@H](O)[C@H]1O)CO[C@H]1O[C@H](CO)[C@@H](O)[C@H](O)[C@H]1O. The number of nitrogens with zero attached hydrogens (tertiary/aromatic N) is 4. The maximum Gasteiger partial charge on any atom is 0.186 e. The van der Waals surface area contributed by atoms with E-state index in [0.29, 0.717) is 29.9 Å². The van der Waals surface area contributed by atoms with E-state index in [9.17, 15) is 40.9 Å². The van der Waals surface area contributed by atoms with E-state index in [1.54, 1.807) is 0 Å². The molecule has 0 unspecified atom stereocenters. The summed E-state index contributed by atoms with van der Waals surface area (Å²) in [4.78, 5) is 12.7. The molecule has 0 aliphatic carbocycles. The van der Waals surface area contributed by atoms with Crippen molar-refractivity contribution in [1.29, 1.82) is 0 Å². The van der Waals surface area contributed by atoms with Crippen LogP contribution in [0, 0.1) is 5.92 Å². The number of aromatic nitrogens is 4. The smallest absolute Gasteiger partial charge is 0.186 e. The first-order valence-corrected chi connectivity index (χ1v) is 12.3. The summed E-state index contributed by atoms with van der Waals surface area (Å²) in [6.45, 7) is 1.40. The minimum Gasteiger partial charge on any atom is -0.394 e. The molecule has 0 aromatic carbocycles. The molecule has 4 heterocycles. The van der Waals surface area contributed by atoms with Gasteiger partial charge < -0.3 is 60.4 Å². The predicted octanol–water partition coefficient (Wildman–Crippen LogP) is -3.95. The quantitative estimate of drug-likeness (QED) is 0.138. The van der Waals surface area contributed by atoms with Gasteiger partial charge in [0, 0.05) is 6.54 Å². The van der Waals surface area contributed by atoms with Crippen molar-refractivity contribution < 1.29 is 55.1 Å². The number of fused-ring (bicyclic) bond motifs is 1. The lowest BCUT2D eigenvalue weighted by Crippen LogP contribution is -2.59. The third-order valence-electron chi connectivity index (χ3n) is 6.82. The second-order valence-corrected chi connectivity index (χ2v) is 9.62. The fourth-order valence-electron chi connectivity index (χ4n) is 4.46. The van der Waals surface area contributed by atoms with Gasteiger partial charge in [-0.25, -0.2) is 15.0 Å². The number of aliphatic hydroxyl groups excluding tert-OH is 8. The van der Waals surface area contributed by atoms with E-state index < -0.39 is 74.6 Å². The standard InChI is InChI=1S/C22H35N5O11/c1-9(6-36-22-18(35)16(33)14(31)11(5-29)38-22)2-3-23-19-12-20(25-7-24-19)27(8-26-12)21-17(34)15(32)13(30)10(4-28)37-21/h7-11,13-18,21-22,28-35H,2-6H2,1H3,(H,23,24,25)/t9-,10+,11+,13+,14+,15-,16-,17+,18+,21-,22-/m0/s1. The number of nitrogens with one attached hydrogen (secondary N) is 1. The Bertz CT molecular complexity index is 1040. The minimum absolute atomic E-state index is 0.0288. The molecule has 0 amide bonds. The Morgan fingerprint density at radius 2 is 1.55 bits per heavy atom. The first-order chi connectivity index (χ1) is 18.2. The van der Waals surface area contributed by atoms with Crippen molar-refractivity contribution in [2.24, 2.45) is 5.92 Å². The van der Waals surface area contributed by atoms with E-state index >= 15 is 0 Å². The normalized spacial score (nSPS) is 36.9. The van der Waals surface area contributed by atoms with Gasteiger partial charge in [0.05, 0.1) is 26.1 Å². The van der Waals surface area contributed by atoms with Gasteiger partial charge in [-0.3, -0.25) is 4.57 Å². The summed E-state index contributed by atoms with van der Waals surface area (Å²) in [6, 6.07) is 0. The Morgan fingerprint density at radius 3 is 2.24 bits per heavy atom. The highest BCUT2D eigenvalue weighted by Crippen LogP contribution is 2.31. The average molecular weight is 546 g/mol. The highest BCUT2D eigenvalue weighted by atomic mass is 16.7. The Balaban J connectivity index is 1.34. The monoisotopic (exact) mass is 545 g/mol. The summed E-state index contributed by atoms with van der Waals surface area (Å²) in [5.74, 6) is 0.374. The number of hydrogen-bond acceptors (Lipinski definition) is 15. The van der Waals surface area contributed by atoms with Crippen LogP contribution in [-0.2, 0) is 14.2 Å². The van der Waals surface area contributed by atoms with Crippen LogP contribution >= 0.6 is 0 Å². The molecular formula is C22H35N5O11. The van der Waals surface area contributed by atoms with Gasteiger partial charge in [0.1, 0.15) is 55.2 Å². The molecule has 38 heavy (non-hydrogen) atoms. The van der Waals surface area contributed by atoms with Crippen LogP contribution in [0.15, 0.2) is 12.7 Å². The summed E-state index contributed by atoms with van der Waals surface area (Å²) in [5.41, 5.74) is 0.667. The lowest BCUT2D eigenvalue weighted by molar-refractivity contribution is -0.303. The van der Waals surface area contributed by atoms with Crippen LogP contribution in [-0.4, -0.2) is 142 Å². The van der Waals surface area contributed by atoms with Crippen LogP contribution in [0.1, 0.15) is 19.6 Å². The highest BCUT2D eigenvalue weighted by Gasteiger charge is 2.45. The molecule has 16 nitrogen and oxygen atoms in total. The maximum absolute atomic E-state index is 10.4. The fraction of sp³-hybridized carbons (Fsp3) is 0.773. The van der Waals surface area contributed by atoms with Crippen molar-refractivity contribution in [2.75, 3.05) is 31.7 Å². The van der Waals surface area contributed by atoms with Crippen molar-refractivity contribution in [3.63, 3.8) is 0 Å². The van der Waals surface area contributed by atoms with E-state index in [1.165, 1.54) is 17.2 Å². The molecule has 214 valence electrons. The summed E-state index contributed by atoms with van der Waals surface area (Å²) in [6.07, 6.45) is -10.2. The van der Waals surface area contributed by atoms with Gasteiger partial charge in [-0.05, 0) is 12.3 Å². The van der Waals surface area contributed by atoms with Crippen molar-refractivity contribution in [3.8, 4) is 0 Å². The van der Waals surface area contributed by atoms with Gasteiger partial charge in [0.25, 0.3) is 0 Å². The molecule has 16 heteroatoms. The van der Waals surface area contributed by atoms with Gasteiger partial charge >= 0.3 is 0 Å². The van der Waals surface area contributed by atoms with Crippen molar-refractivity contribution in [1.82, 2.24) is 19.5 Å². The molecule has 2 aromatic heterocycles. The molecule has 0 spiro atoms. The Hall–Kier alpha value is -2.09. The summed E-state index contributed by atoms with van der Waals surface area (Å²) in [7, 11) is 0. The van der Waals surface area contributed by atoms with E-state index in [1.807, 2.05) is 6.92 Å². The van der Waals surface area contributed by atoms with Gasteiger partial charge in [-0.15, -0.1) is 0 Å². The van der Waals surface area contributed by atoms with Crippen LogP contribution in [0.25, 0.3) is 11.2 Å². The zero-order valence-corrected chi connectivity index (χ0v) is 20.6. The second kappa shape index (κ2) is 12.4. The zero-order valence-electron chi connectivity index (χ0n) is 20.6. The second-order valence-electron chi connectivity index (χ2n) is 9.62. The van der Waals surface area contributed by atoms with Crippen LogP contribution in [0.2, 0.25) is 0 Å². The third-order valence-corrected chi connectivity index (χ3v) is 6.82. The molecule has 2 aliphatic heterocycles. The molecule has 0 radical (unpaired) electrons. The van der Waals surface area contributed by atoms with Gasteiger partial charge in [0.15, 0.2) is 29.5 Å². The van der Waals surface area contributed by atoms with Gasteiger partial charge in [0.2, 0.25) is 0 Å². The number of ether oxygens (including phenoxy) is 3. The van der Waals surface area contributed by atoms with Gasteiger partial charge in [-0.1, -0.05) is 6.92 Å². The van der Waals surface area contributed by atoms with Crippen LogP contribution in [0.4, 0.5) is 5.82 Å². The molecule has 4 rings (SSSR count). The Morgan fingerprint density at radius 1 is 0.895 bits per heavy atom. The molecule has 11 atom stereocenters. The summed E-state index contributed by atoms with van der Waals surface area (Å²) >= 11 is 0. The highest BCUT2D eigenvalue weighted by molar-refractivity contribution is 5.82. The number of anilines is 1. The number of imidazole rings is 1. The van der Waals surface area contributed by atoms with Gasteiger partial charge in [-0.2, -0.15) is 0 Å². The first-order valence-electron chi connectivity index (χ1n) is 12.3. The molecule has 9 N–H and O–H groups in total. The maximum atomic E-state index is 10.4. The fourth-order valence-corrected chi connectivity index (χ4v) is 4.46. The number of aliphatic hydroxyl groups is 8. The lowest BCUT2D eigenvalue weighted by Gasteiger charge is -2.40. The average Bonchev–Trinajstić information content (AvgIpc) is 3.35. The third kappa shape index (κ3) is 5.75. The number of rotatable bonds is 10. The first kappa shape index (κ1) is 28.9. The molecule has 2 aliphatic rings. The molecule has 2 fully saturated rings. The summed E-state index contributed by atoms with van der Waals surface area (Å²) < 4.78 is 17.9. The number of hydrogen-bond donors (Lipinski definition) is 9. The molecular weight excluding hydrogens is 510 g/mol. The summed E-state index contributed by atoms with van der Waals surface area (Å²) in [5, 5.41) is 82.3. The molecule has 0 saturated carbocycles. The largest absolute Gasteiger partial charge is 0.394 e. The van der Waals surface area contributed by atoms with Crippen LogP contribution in [0.5, 0.6) is 0 Å². The van der Waals surface area contributed by atoms with E-state index in [2.05, 4.69) is 20.3 Å². The van der Waals surface area contributed by atoms with Crippen molar-refractivity contribution in [3.05, 3.63) is 12.7 Å². The van der Waals surface area contributed by atoms with Crippen LogP contribution < -0.4 is 5.32 Å². The van der Waals surface area contributed by atoms with E-state index in [-0.39, 0.29) is 12.5 Å². The Kier molecular flexibility index (Phi) is 9.43. The van der Waals surface area contributed by atoms with E-state index in [0.717, 1.165) is 0 Å². The lowest BCUT2D eigenvalue weighted by atomic mass is 9.98. The van der Waals surface area contributed by atoms with Crippen LogP contribution in [0.3, 0.4) is 0 Å². The molecule has 2 aromatic rings. The zero-order chi connectivity index (χ0) is 27.6. The molecule has 0 bridgehead atoms. The molecule has 2 saturated heterocycles. The van der Waals surface area contributed by atoms with Crippen molar-refractivity contribution in [2.45, 2.75) is 74.7 Å². The van der Waals surface area contributed by atoms with E-state index in [4.69, 9.17) is 14.2 Å². The predicted molar refractivity (Wildman–Crippen MR) is 126 cm³/mol. The minimum atomic E-state index is -1.55. The Labute approximate surface area is 217 Å². The van der Waals surface area contributed by atoms with Crippen molar-refractivity contribution >= 4 is 17.0 Å².